The van der Waals surface area contributed by atoms with Crippen LogP contribution in [0, 0.1) is 0 Å². The largest absolute Gasteiger partial charge is 0.497 e. The Bertz CT molecular complexity index is 939. The van der Waals surface area contributed by atoms with Gasteiger partial charge in [-0.05, 0) is 43.2 Å². The molecule has 1 fully saturated rings. The molecule has 1 unspecified atom stereocenters. The number of fused-ring (bicyclic) bond motifs is 1. The van der Waals surface area contributed by atoms with Gasteiger partial charge in [0.25, 0.3) is 0 Å². The molecule has 1 N–H and O–H groups in total. The van der Waals surface area contributed by atoms with Crippen LogP contribution >= 0.6 is 11.3 Å². The summed E-state index contributed by atoms with van der Waals surface area (Å²) in [6.45, 7) is 0.696. The molecule has 1 aromatic heterocycles. The van der Waals surface area contributed by atoms with Crippen LogP contribution < -0.4 is 14.8 Å². The van der Waals surface area contributed by atoms with Crippen molar-refractivity contribution in [2.45, 2.75) is 18.9 Å². The van der Waals surface area contributed by atoms with E-state index in [1.54, 1.807) is 14.2 Å². The summed E-state index contributed by atoms with van der Waals surface area (Å²) in [5.74, 6) is 1.52. The van der Waals surface area contributed by atoms with E-state index in [1.165, 1.54) is 11.3 Å². The molecule has 4 rings (SSSR count). The summed E-state index contributed by atoms with van der Waals surface area (Å²) < 4.78 is 11.9. The highest BCUT2D eigenvalue weighted by Gasteiger charge is 2.32. The minimum absolute atomic E-state index is 0.0515. The first-order chi connectivity index (χ1) is 13.2. The van der Waals surface area contributed by atoms with E-state index in [2.05, 4.69) is 10.3 Å². The molecule has 6 nitrogen and oxygen atoms in total. The number of ether oxygens (including phenoxy) is 2. The van der Waals surface area contributed by atoms with E-state index in [-0.39, 0.29) is 12.1 Å². The van der Waals surface area contributed by atoms with Crippen molar-refractivity contribution in [2.24, 2.45) is 0 Å². The van der Waals surface area contributed by atoms with Crippen molar-refractivity contribution in [3.05, 3.63) is 48.0 Å². The molecule has 140 valence electrons. The highest BCUT2D eigenvalue weighted by atomic mass is 32.1. The zero-order valence-electron chi connectivity index (χ0n) is 15.3. The molecule has 2 heterocycles. The van der Waals surface area contributed by atoms with Gasteiger partial charge in [0, 0.05) is 12.1 Å². The number of para-hydroxylation sites is 1. The summed E-state index contributed by atoms with van der Waals surface area (Å²) in [7, 11) is 3.28. The molecule has 0 spiro atoms. The van der Waals surface area contributed by atoms with E-state index in [9.17, 15) is 4.79 Å². The second kappa shape index (κ2) is 7.44. The molecule has 1 aliphatic rings. The maximum Gasteiger partial charge on any atom is 0.324 e. The monoisotopic (exact) mass is 383 g/mol. The van der Waals surface area contributed by atoms with Crippen molar-refractivity contribution in [3.63, 3.8) is 0 Å². The van der Waals surface area contributed by atoms with Crippen LogP contribution in [0.3, 0.4) is 0 Å². The standard InChI is InChI=1S/C20H21N3O3S/c1-25-13-9-10-17(26-2)14(12-13)16-7-5-11-23(16)20(24)22-19-21-15-6-3-4-8-18(15)27-19/h3-4,6,8-10,12,16H,5,7,11H2,1-2H3,(H,21,22,24). The number of rotatable bonds is 4. The molecule has 0 radical (unpaired) electrons. The van der Waals surface area contributed by atoms with Crippen LogP contribution in [-0.2, 0) is 0 Å². The predicted molar refractivity (Wildman–Crippen MR) is 107 cm³/mol. The van der Waals surface area contributed by atoms with Crippen LogP contribution in [0.4, 0.5) is 9.93 Å². The number of thiazole rings is 1. The maximum absolute atomic E-state index is 12.9. The topological polar surface area (TPSA) is 63.7 Å². The second-order valence-corrected chi connectivity index (χ2v) is 7.41. The molecule has 2 aromatic carbocycles. The van der Waals surface area contributed by atoms with Gasteiger partial charge in [0.2, 0.25) is 0 Å². The third-order valence-corrected chi connectivity index (χ3v) is 5.77. The van der Waals surface area contributed by atoms with Crippen molar-refractivity contribution in [1.29, 1.82) is 0 Å². The van der Waals surface area contributed by atoms with E-state index in [1.807, 2.05) is 47.4 Å². The zero-order chi connectivity index (χ0) is 18.8. The van der Waals surface area contributed by atoms with Gasteiger partial charge in [-0.25, -0.2) is 9.78 Å². The summed E-state index contributed by atoms with van der Waals surface area (Å²) in [6.07, 6.45) is 1.83. The van der Waals surface area contributed by atoms with Crippen molar-refractivity contribution < 1.29 is 14.3 Å². The van der Waals surface area contributed by atoms with Gasteiger partial charge in [-0.15, -0.1) is 0 Å². The van der Waals surface area contributed by atoms with Crippen LogP contribution in [0.15, 0.2) is 42.5 Å². The Morgan fingerprint density at radius 1 is 1.22 bits per heavy atom. The number of hydrogen-bond acceptors (Lipinski definition) is 5. The number of amides is 2. The fraction of sp³-hybridized carbons (Fsp3) is 0.300. The third kappa shape index (κ3) is 3.42. The lowest BCUT2D eigenvalue weighted by molar-refractivity contribution is 0.206. The highest BCUT2D eigenvalue weighted by molar-refractivity contribution is 7.22. The molecular weight excluding hydrogens is 362 g/mol. The number of nitrogens with zero attached hydrogens (tertiary/aromatic N) is 2. The Morgan fingerprint density at radius 3 is 2.85 bits per heavy atom. The first-order valence-electron chi connectivity index (χ1n) is 8.84. The van der Waals surface area contributed by atoms with Crippen LogP contribution in [0.1, 0.15) is 24.4 Å². The number of aromatic nitrogens is 1. The molecule has 1 aliphatic heterocycles. The molecule has 1 atom stereocenters. The van der Waals surface area contributed by atoms with Crippen LogP contribution in [0.25, 0.3) is 10.2 Å². The van der Waals surface area contributed by atoms with E-state index in [0.29, 0.717) is 11.7 Å². The lowest BCUT2D eigenvalue weighted by atomic mass is 10.0. The van der Waals surface area contributed by atoms with Gasteiger partial charge in [0.05, 0.1) is 30.5 Å². The quantitative estimate of drug-likeness (QED) is 0.710. The smallest absolute Gasteiger partial charge is 0.324 e. The summed E-state index contributed by atoms with van der Waals surface area (Å²) in [5, 5.41) is 3.58. The van der Waals surface area contributed by atoms with Gasteiger partial charge >= 0.3 is 6.03 Å². The maximum atomic E-state index is 12.9. The average molecular weight is 383 g/mol. The van der Waals surface area contributed by atoms with E-state index < -0.39 is 0 Å². The summed E-state index contributed by atoms with van der Waals surface area (Å²) >= 11 is 1.48. The Balaban J connectivity index is 1.58. The fourth-order valence-corrected chi connectivity index (χ4v) is 4.38. The molecule has 0 aliphatic carbocycles. The zero-order valence-corrected chi connectivity index (χ0v) is 16.1. The molecule has 27 heavy (non-hydrogen) atoms. The van der Waals surface area contributed by atoms with Crippen molar-refractivity contribution in [2.75, 3.05) is 26.1 Å². The van der Waals surface area contributed by atoms with E-state index >= 15 is 0 Å². The summed E-state index contributed by atoms with van der Waals surface area (Å²) in [5.41, 5.74) is 1.86. The van der Waals surface area contributed by atoms with Gasteiger partial charge < -0.3 is 14.4 Å². The second-order valence-electron chi connectivity index (χ2n) is 6.38. The van der Waals surface area contributed by atoms with Crippen LogP contribution in [0.5, 0.6) is 11.5 Å². The summed E-state index contributed by atoms with van der Waals surface area (Å²) in [4.78, 5) is 19.3. The number of carbonyl (C=O) groups is 1. The van der Waals surface area contributed by atoms with Gasteiger partial charge in [-0.3, -0.25) is 5.32 Å². The molecule has 0 saturated carbocycles. The number of methoxy groups -OCH3 is 2. The third-order valence-electron chi connectivity index (χ3n) is 4.82. The molecule has 2 amide bonds. The molecular formula is C20H21N3O3S. The average Bonchev–Trinajstić information content (AvgIpc) is 3.33. The lowest BCUT2D eigenvalue weighted by Crippen LogP contribution is -2.34. The Labute approximate surface area is 161 Å². The van der Waals surface area contributed by atoms with Gasteiger partial charge in [-0.2, -0.15) is 0 Å². The number of carbonyl (C=O) groups excluding carboxylic acids is 1. The van der Waals surface area contributed by atoms with E-state index in [4.69, 9.17) is 9.47 Å². The lowest BCUT2D eigenvalue weighted by Gasteiger charge is -2.26. The molecule has 3 aromatic rings. The fourth-order valence-electron chi connectivity index (χ4n) is 3.52. The Morgan fingerprint density at radius 2 is 2.07 bits per heavy atom. The Kier molecular flexibility index (Phi) is 4.85. The summed E-state index contributed by atoms with van der Waals surface area (Å²) in [6, 6.07) is 13.4. The van der Waals surface area contributed by atoms with Crippen molar-refractivity contribution in [3.8, 4) is 11.5 Å². The number of benzene rings is 2. The first-order valence-corrected chi connectivity index (χ1v) is 9.66. The van der Waals surface area contributed by atoms with Gasteiger partial charge in [0.1, 0.15) is 11.5 Å². The number of urea groups is 1. The number of anilines is 1. The normalized spacial score (nSPS) is 16.5. The first kappa shape index (κ1) is 17.6. The van der Waals surface area contributed by atoms with Crippen LogP contribution in [0.2, 0.25) is 0 Å². The van der Waals surface area contributed by atoms with Crippen molar-refractivity contribution in [1.82, 2.24) is 9.88 Å². The number of nitrogens with one attached hydrogen (secondary N) is 1. The molecule has 1 saturated heterocycles. The van der Waals surface area contributed by atoms with Gasteiger partial charge in [-0.1, -0.05) is 23.5 Å². The van der Waals surface area contributed by atoms with Crippen molar-refractivity contribution >= 4 is 32.7 Å². The SMILES string of the molecule is COc1ccc(OC)c(C2CCCN2C(=O)Nc2nc3ccccc3s2)c1. The highest BCUT2D eigenvalue weighted by Crippen LogP contribution is 2.39. The number of likely N-dealkylation sites (tertiary alicyclic amines) is 1. The number of hydrogen-bond donors (Lipinski definition) is 1. The molecule has 7 heteroatoms. The Hall–Kier alpha value is -2.80. The van der Waals surface area contributed by atoms with Gasteiger partial charge in [0.15, 0.2) is 5.13 Å². The van der Waals surface area contributed by atoms with E-state index in [0.717, 1.165) is 40.1 Å². The predicted octanol–water partition coefficient (Wildman–Crippen LogP) is 4.68. The minimum atomic E-state index is -0.138. The minimum Gasteiger partial charge on any atom is -0.497 e. The van der Waals surface area contributed by atoms with Crippen LogP contribution in [-0.4, -0.2) is 36.7 Å². The molecule has 0 bridgehead atoms.